The summed E-state index contributed by atoms with van der Waals surface area (Å²) in [4.78, 5) is 0. The molecule has 0 aromatic heterocycles. The standard InChI is InChI=1S/C15H13BrF2O/c1-9-7-11(17)5-6-12(9)14(19)8-10-3-2-4-13(18)15(10)16/h2-7,14,19H,8H2,1H3. The minimum Gasteiger partial charge on any atom is -0.388 e. The fourth-order valence-electron chi connectivity index (χ4n) is 2.04. The first-order chi connectivity index (χ1) is 8.99. The van der Waals surface area contributed by atoms with Gasteiger partial charge >= 0.3 is 0 Å². The fraction of sp³-hybridized carbons (Fsp3) is 0.200. The topological polar surface area (TPSA) is 20.2 Å². The molecule has 4 heteroatoms. The van der Waals surface area contributed by atoms with Crippen molar-refractivity contribution in [2.45, 2.75) is 19.4 Å². The average Bonchev–Trinajstić information content (AvgIpc) is 2.34. The lowest BCUT2D eigenvalue weighted by Gasteiger charge is -2.15. The van der Waals surface area contributed by atoms with Crippen molar-refractivity contribution in [3.63, 3.8) is 0 Å². The smallest absolute Gasteiger partial charge is 0.137 e. The lowest BCUT2D eigenvalue weighted by atomic mass is 9.97. The fourth-order valence-corrected chi connectivity index (χ4v) is 2.46. The first-order valence-electron chi connectivity index (χ1n) is 5.86. The van der Waals surface area contributed by atoms with E-state index in [1.54, 1.807) is 25.1 Å². The van der Waals surface area contributed by atoms with Crippen LogP contribution in [0.4, 0.5) is 8.78 Å². The molecule has 2 aromatic carbocycles. The Balaban J connectivity index is 2.25. The number of halogens is 3. The van der Waals surface area contributed by atoms with Gasteiger partial charge in [0.2, 0.25) is 0 Å². The third-order valence-electron chi connectivity index (χ3n) is 3.04. The van der Waals surface area contributed by atoms with E-state index in [1.807, 2.05) is 0 Å². The Kier molecular flexibility index (Phi) is 4.32. The van der Waals surface area contributed by atoms with Gasteiger partial charge in [-0.05, 0) is 57.7 Å². The van der Waals surface area contributed by atoms with Gasteiger partial charge in [0, 0.05) is 6.42 Å². The summed E-state index contributed by atoms with van der Waals surface area (Å²) in [6, 6.07) is 8.94. The molecule has 1 unspecified atom stereocenters. The van der Waals surface area contributed by atoms with E-state index in [0.717, 1.165) is 0 Å². The highest BCUT2D eigenvalue weighted by Gasteiger charge is 2.14. The molecule has 0 radical (unpaired) electrons. The average molecular weight is 327 g/mol. The number of rotatable bonds is 3. The predicted octanol–water partition coefficient (Wildman–Crippen LogP) is 4.31. The molecule has 19 heavy (non-hydrogen) atoms. The van der Waals surface area contributed by atoms with Crippen molar-refractivity contribution >= 4 is 15.9 Å². The van der Waals surface area contributed by atoms with Crippen LogP contribution in [0.25, 0.3) is 0 Å². The number of aliphatic hydroxyl groups is 1. The number of hydrogen-bond donors (Lipinski definition) is 1. The number of benzene rings is 2. The largest absolute Gasteiger partial charge is 0.388 e. The number of aliphatic hydroxyl groups excluding tert-OH is 1. The van der Waals surface area contributed by atoms with Gasteiger partial charge in [0.1, 0.15) is 11.6 Å². The second-order valence-corrected chi connectivity index (χ2v) is 5.23. The van der Waals surface area contributed by atoms with Crippen molar-refractivity contribution in [3.8, 4) is 0 Å². The lowest BCUT2D eigenvalue weighted by Crippen LogP contribution is -2.05. The molecule has 100 valence electrons. The van der Waals surface area contributed by atoms with E-state index in [9.17, 15) is 13.9 Å². The van der Waals surface area contributed by atoms with Crippen LogP contribution in [0.3, 0.4) is 0 Å². The van der Waals surface area contributed by atoms with Crippen molar-refractivity contribution in [3.05, 3.63) is 69.2 Å². The third-order valence-corrected chi connectivity index (χ3v) is 3.92. The van der Waals surface area contributed by atoms with Gasteiger partial charge in [0.25, 0.3) is 0 Å². The van der Waals surface area contributed by atoms with Crippen molar-refractivity contribution in [2.24, 2.45) is 0 Å². The van der Waals surface area contributed by atoms with Gasteiger partial charge in [-0.2, -0.15) is 0 Å². The Morgan fingerprint density at radius 3 is 2.63 bits per heavy atom. The minimum atomic E-state index is -0.793. The van der Waals surface area contributed by atoms with Gasteiger partial charge in [0.15, 0.2) is 0 Å². The molecule has 2 rings (SSSR count). The van der Waals surface area contributed by atoms with Crippen molar-refractivity contribution in [1.29, 1.82) is 0 Å². The SMILES string of the molecule is Cc1cc(F)ccc1C(O)Cc1cccc(F)c1Br. The Hall–Kier alpha value is -1.26. The molecule has 0 bridgehead atoms. The highest BCUT2D eigenvalue weighted by molar-refractivity contribution is 9.10. The highest BCUT2D eigenvalue weighted by Crippen LogP contribution is 2.27. The third kappa shape index (κ3) is 3.19. The van der Waals surface area contributed by atoms with Crippen LogP contribution in [-0.4, -0.2) is 5.11 Å². The van der Waals surface area contributed by atoms with Crippen molar-refractivity contribution in [1.82, 2.24) is 0 Å². The molecule has 0 saturated heterocycles. The summed E-state index contributed by atoms with van der Waals surface area (Å²) in [7, 11) is 0. The van der Waals surface area contributed by atoms with E-state index >= 15 is 0 Å². The summed E-state index contributed by atoms with van der Waals surface area (Å²) in [5.74, 6) is -0.694. The maximum atomic E-state index is 13.4. The molecule has 1 nitrogen and oxygen atoms in total. The van der Waals surface area contributed by atoms with Crippen LogP contribution in [-0.2, 0) is 6.42 Å². The Labute approximate surface area is 119 Å². The lowest BCUT2D eigenvalue weighted by molar-refractivity contribution is 0.177. The molecule has 0 amide bonds. The molecular formula is C15H13BrF2O. The summed E-state index contributed by atoms with van der Waals surface area (Å²) < 4.78 is 26.8. The molecule has 2 aromatic rings. The van der Waals surface area contributed by atoms with Crippen LogP contribution < -0.4 is 0 Å². The quantitative estimate of drug-likeness (QED) is 0.891. The molecular weight excluding hydrogens is 314 g/mol. The monoisotopic (exact) mass is 326 g/mol. The highest BCUT2D eigenvalue weighted by atomic mass is 79.9. The van der Waals surface area contributed by atoms with Crippen LogP contribution in [0.2, 0.25) is 0 Å². The number of hydrogen-bond acceptors (Lipinski definition) is 1. The Morgan fingerprint density at radius 1 is 1.21 bits per heavy atom. The summed E-state index contributed by atoms with van der Waals surface area (Å²) in [6.45, 7) is 1.74. The van der Waals surface area contributed by atoms with Crippen molar-refractivity contribution in [2.75, 3.05) is 0 Å². The van der Waals surface area contributed by atoms with Crippen LogP contribution >= 0.6 is 15.9 Å². The Morgan fingerprint density at radius 2 is 1.95 bits per heavy atom. The first-order valence-corrected chi connectivity index (χ1v) is 6.65. The first kappa shape index (κ1) is 14.2. The van der Waals surface area contributed by atoms with Crippen molar-refractivity contribution < 1.29 is 13.9 Å². The summed E-state index contributed by atoms with van der Waals surface area (Å²) in [6.07, 6.45) is -0.524. The molecule has 0 aliphatic heterocycles. The van der Waals surface area contributed by atoms with E-state index in [1.165, 1.54) is 18.2 Å². The molecule has 0 heterocycles. The molecule has 0 aliphatic rings. The van der Waals surface area contributed by atoms with E-state index in [0.29, 0.717) is 21.2 Å². The second kappa shape index (κ2) is 5.80. The summed E-state index contributed by atoms with van der Waals surface area (Å²) in [5, 5.41) is 10.2. The Bertz CT molecular complexity index is 599. The molecule has 0 fully saturated rings. The summed E-state index contributed by atoms with van der Waals surface area (Å²) >= 11 is 3.17. The van der Waals surface area contributed by atoms with E-state index in [2.05, 4.69) is 15.9 Å². The van der Waals surface area contributed by atoms with Crippen LogP contribution in [0.1, 0.15) is 22.8 Å². The number of aryl methyl sites for hydroxylation is 1. The van der Waals surface area contributed by atoms with E-state index in [-0.39, 0.29) is 18.1 Å². The maximum Gasteiger partial charge on any atom is 0.137 e. The normalized spacial score (nSPS) is 12.5. The molecule has 1 N–H and O–H groups in total. The predicted molar refractivity (Wildman–Crippen MR) is 73.9 cm³/mol. The zero-order chi connectivity index (χ0) is 14.0. The summed E-state index contributed by atoms with van der Waals surface area (Å²) in [5.41, 5.74) is 2.01. The maximum absolute atomic E-state index is 13.4. The van der Waals surface area contributed by atoms with Gasteiger partial charge < -0.3 is 5.11 Å². The second-order valence-electron chi connectivity index (χ2n) is 4.43. The molecule has 0 spiro atoms. The van der Waals surface area contributed by atoms with E-state index < -0.39 is 6.10 Å². The van der Waals surface area contributed by atoms with Crippen LogP contribution in [0, 0.1) is 18.6 Å². The molecule has 0 saturated carbocycles. The zero-order valence-electron chi connectivity index (χ0n) is 10.3. The van der Waals surface area contributed by atoms with Gasteiger partial charge in [-0.3, -0.25) is 0 Å². The van der Waals surface area contributed by atoms with Crippen LogP contribution in [0.5, 0.6) is 0 Å². The molecule has 0 aliphatic carbocycles. The zero-order valence-corrected chi connectivity index (χ0v) is 11.9. The van der Waals surface area contributed by atoms with E-state index in [4.69, 9.17) is 0 Å². The van der Waals surface area contributed by atoms with Crippen LogP contribution in [0.15, 0.2) is 40.9 Å². The van der Waals surface area contributed by atoms with Gasteiger partial charge in [-0.1, -0.05) is 18.2 Å². The van der Waals surface area contributed by atoms with Gasteiger partial charge in [0.05, 0.1) is 10.6 Å². The molecule has 1 atom stereocenters. The van der Waals surface area contributed by atoms with Gasteiger partial charge in [-0.25, -0.2) is 8.78 Å². The minimum absolute atomic E-state index is 0.269. The van der Waals surface area contributed by atoms with Gasteiger partial charge in [-0.15, -0.1) is 0 Å².